The number of thioether (sulfide) groups is 1. The van der Waals surface area contributed by atoms with E-state index >= 15 is 0 Å². The SMILES string of the molecule is C[C@@H](O)[C@H]1C(=O)N2C(C(=O)[O-])=C(C[C@H]3CCCO3)S[C@H]12.[Na+]. The summed E-state index contributed by atoms with van der Waals surface area (Å²) in [6.07, 6.45) is 1.63. The zero-order valence-electron chi connectivity index (χ0n) is 12.1. The van der Waals surface area contributed by atoms with Crippen molar-refractivity contribution in [2.24, 2.45) is 5.92 Å². The smallest absolute Gasteiger partial charge is 0.543 e. The minimum absolute atomic E-state index is 0. The van der Waals surface area contributed by atoms with Crippen LogP contribution in [0.3, 0.4) is 0 Å². The summed E-state index contributed by atoms with van der Waals surface area (Å²) >= 11 is 1.35. The number of ether oxygens (including phenoxy) is 1. The Balaban J connectivity index is 0.00000161. The topological polar surface area (TPSA) is 89.9 Å². The molecular weight excluding hydrogens is 305 g/mol. The van der Waals surface area contributed by atoms with Crippen molar-refractivity contribution in [2.45, 2.75) is 43.8 Å². The van der Waals surface area contributed by atoms with Gasteiger partial charge in [0.25, 0.3) is 0 Å². The number of carboxylic acid groups (broad SMARTS) is 1. The van der Waals surface area contributed by atoms with E-state index in [1.165, 1.54) is 16.7 Å². The van der Waals surface area contributed by atoms with Crippen LogP contribution < -0.4 is 34.7 Å². The van der Waals surface area contributed by atoms with Crippen LogP contribution in [0.5, 0.6) is 0 Å². The van der Waals surface area contributed by atoms with Gasteiger partial charge >= 0.3 is 29.6 Å². The third-order valence-corrected chi connectivity index (χ3v) is 5.39. The molecule has 0 aromatic heterocycles. The molecule has 21 heavy (non-hydrogen) atoms. The molecule has 0 saturated carbocycles. The van der Waals surface area contributed by atoms with Crippen molar-refractivity contribution in [2.75, 3.05) is 6.61 Å². The minimum Gasteiger partial charge on any atom is -0.543 e. The van der Waals surface area contributed by atoms with Crippen molar-refractivity contribution in [3.8, 4) is 0 Å². The van der Waals surface area contributed by atoms with Gasteiger partial charge in [0.15, 0.2) is 0 Å². The van der Waals surface area contributed by atoms with Crippen LogP contribution in [0.2, 0.25) is 0 Å². The molecular formula is C13H16NNaO5S. The largest absolute Gasteiger partial charge is 1.00 e. The van der Waals surface area contributed by atoms with E-state index in [1.807, 2.05) is 0 Å². The van der Waals surface area contributed by atoms with E-state index in [-0.39, 0.29) is 52.6 Å². The number of amides is 1. The number of hydrogen-bond donors (Lipinski definition) is 1. The van der Waals surface area contributed by atoms with Crippen LogP contribution in [0.15, 0.2) is 10.6 Å². The number of rotatable bonds is 4. The van der Waals surface area contributed by atoms with Crippen LogP contribution in [0, 0.1) is 5.92 Å². The molecule has 6 nitrogen and oxygen atoms in total. The van der Waals surface area contributed by atoms with E-state index in [1.54, 1.807) is 6.92 Å². The zero-order valence-corrected chi connectivity index (χ0v) is 14.9. The molecule has 0 spiro atoms. The first kappa shape index (κ1) is 17.3. The van der Waals surface area contributed by atoms with E-state index < -0.39 is 18.0 Å². The number of nitrogens with zero attached hydrogens (tertiary/aromatic N) is 1. The number of aliphatic hydroxyl groups excluding tert-OH is 1. The van der Waals surface area contributed by atoms with Gasteiger partial charge in [0.1, 0.15) is 5.37 Å². The summed E-state index contributed by atoms with van der Waals surface area (Å²) < 4.78 is 5.52. The molecule has 0 aromatic carbocycles. The molecule has 8 heteroatoms. The van der Waals surface area contributed by atoms with Gasteiger partial charge in [-0.1, -0.05) is 0 Å². The molecule has 3 aliphatic heterocycles. The molecule has 0 radical (unpaired) electrons. The van der Waals surface area contributed by atoms with Crippen molar-refractivity contribution < 1.29 is 54.1 Å². The molecule has 3 heterocycles. The Labute approximate surface area is 149 Å². The molecule has 0 aliphatic carbocycles. The predicted octanol–water partition coefficient (Wildman–Crippen LogP) is -3.57. The van der Waals surface area contributed by atoms with Gasteiger partial charge in [0.2, 0.25) is 5.91 Å². The van der Waals surface area contributed by atoms with Crippen LogP contribution in [0.4, 0.5) is 0 Å². The molecule has 3 rings (SSSR count). The Morgan fingerprint density at radius 3 is 2.86 bits per heavy atom. The summed E-state index contributed by atoms with van der Waals surface area (Å²) in [5, 5.41) is 20.6. The first-order chi connectivity index (χ1) is 9.50. The molecule has 0 aromatic rings. The molecule has 110 valence electrons. The number of β-lactam (4-membered cyclic amide) rings is 1. The van der Waals surface area contributed by atoms with Gasteiger partial charge in [-0.25, -0.2) is 0 Å². The molecule has 0 unspecified atom stereocenters. The van der Waals surface area contributed by atoms with Crippen molar-refractivity contribution in [3.63, 3.8) is 0 Å². The third kappa shape index (κ3) is 2.92. The second-order valence-electron chi connectivity index (χ2n) is 5.38. The average Bonchev–Trinajstić information content (AvgIpc) is 2.95. The summed E-state index contributed by atoms with van der Waals surface area (Å²) in [6.45, 7) is 2.25. The van der Waals surface area contributed by atoms with Gasteiger partial charge in [-0.2, -0.15) is 0 Å². The maximum absolute atomic E-state index is 12.0. The summed E-state index contributed by atoms with van der Waals surface area (Å²) in [6, 6.07) is 0. The van der Waals surface area contributed by atoms with Gasteiger partial charge in [-0.15, -0.1) is 11.8 Å². The van der Waals surface area contributed by atoms with Crippen molar-refractivity contribution in [1.82, 2.24) is 4.90 Å². The summed E-state index contributed by atoms with van der Waals surface area (Å²) in [5.74, 6) is -2.19. The number of fused-ring (bicyclic) bond motifs is 1. The van der Waals surface area contributed by atoms with Gasteiger partial charge in [0, 0.05) is 17.9 Å². The number of carbonyl (C=O) groups is 2. The minimum atomic E-state index is -1.33. The van der Waals surface area contributed by atoms with Crippen LogP contribution in [0.1, 0.15) is 26.2 Å². The van der Waals surface area contributed by atoms with Gasteiger partial charge in [0.05, 0.1) is 29.8 Å². The Bertz CT molecular complexity index is 489. The molecule has 3 aliphatic rings. The molecule has 2 saturated heterocycles. The quantitative estimate of drug-likeness (QED) is 0.426. The summed E-state index contributed by atoms with van der Waals surface area (Å²) in [5.41, 5.74) is -0.0302. The van der Waals surface area contributed by atoms with Crippen LogP contribution >= 0.6 is 11.8 Å². The van der Waals surface area contributed by atoms with E-state index in [0.29, 0.717) is 17.9 Å². The Morgan fingerprint density at radius 1 is 1.62 bits per heavy atom. The molecule has 0 bridgehead atoms. The monoisotopic (exact) mass is 321 g/mol. The first-order valence-corrected chi connectivity index (χ1v) is 7.62. The molecule has 1 amide bonds. The van der Waals surface area contributed by atoms with E-state index in [9.17, 15) is 19.8 Å². The van der Waals surface area contributed by atoms with Crippen LogP contribution in [-0.4, -0.2) is 46.1 Å². The first-order valence-electron chi connectivity index (χ1n) is 6.74. The maximum Gasteiger partial charge on any atom is 1.00 e. The second-order valence-corrected chi connectivity index (χ2v) is 6.59. The number of carbonyl (C=O) groups excluding carboxylic acids is 2. The molecule has 4 atom stereocenters. The number of hydrogen-bond acceptors (Lipinski definition) is 6. The number of carboxylic acids is 1. The second kappa shape index (κ2) is 6.60. The fourth-order valence-electron chi connectivity index (χ4n) is 3.00. The fourth-order valence-corrected chi connectivity index (χ4v) is 4.67. The molecule has 1 N–H and O–H groups in total. The predicted molar refractivity (Wildman–Crippen MR) is 69.0 cm³/mol. The normalized spacial score (nSPS) is 32.6. The average molecular weight is 321 g/mol. The van der Waals surface area contributed by atoms with Crippen molar-refractivity contribution in [3.05, 3.63) is 10.6 Å². The Kier molecular flexibility index (Phi) is 5.44. The van der Waals surface area contributed by atoms with Gasteiger partial charge in [-0.3, -0.25) is 9.69 Å². The van der Waals surface area contributed by atoms with Crippen LogP contribution in [-0.2, 0) is 14.3 Å². The van der Waals surface area contributed by atoms with E-state index in [0.717, 1.165) is 12.8 Å². The third-order valence-electron chi connectivity index (χ3n) is 4.00. The van der Waals surface area contributed by atoms with Crippen molar-refractivity contribution >= 4 is 23.6 Å². The Hall–Kier alpha value is -0.0500. The van der Waals surface area contributed by atoms with E-state index in [2.05, 4.69) is 0 Å². The van der Waals surface area contributed by atoms with Gasteiger partial charge < -0.3 is 19.7 Å². The molecule has 2 fully saturated rings. The zero-order chi connectivity index (χ0) is 14.4. The maximum atomic E-state index is 12.0. The standard InChI is InChI=1S/C13H17NO5S.Na/c1-6(15)9-11(16)14-10(13(17)18)8(20-12(9)14)5-7-3-2-4-19-7;/h6-7,9,12,15H,2-5H2,1H3,(H,17,18);/q;+1/p-1/t6-,7-,9+,12-;/m1./s1. The Morgan fingerprint density at radius 2 is 2.33 bits per heavy atom. The summed E-state index contributed by atoms with van der Waals surface area (Å²) in [4.78, 5) is 25.2. The van der Waals surface area contributed by atoms with Gasteiger partial charge in [-0.05, 0) is 19.8 Å². The fraction of sp³-hybridized carbons (Fsp3) is 0.692. The van der Waals surface area contributed by atoms with E-state index in [4.69, 9.17) is 4.74 Å². The number of aliphatic carboxylic acids is 1. The van der Waals surface area contributed by atoms with Crippen molar-refractivity contribution in [1.29, 1.82) is 0 Å². The number of aliphatic hydroxyl groups is 1. The summed E-state index contributed by atoms with van der Waals surface area (Å²) in [7, 11) is 0. The van der Waals surface area contributed by atoms with Crippen LogP contribution in [0.25, 0.3) is 0 Å².